The molecule has 2 aromatic heterocycles. The van der Waals surface area contributed by atoms with Gasteiger partial charge in [-0.25, -0.2) is 4.79 Å². The first-order chi connectivity index (χ1) is 12.5. The number of hydrogen-bond acceptors (Lipinski definition) is 6. The number of thiophene rings is 1. The highest BCUT2D eigenvalue weighted by atomic mass is 32.1. The Bertz CT molecular complexity index is 956. The minimum Gasteiger partial charge on any atom is -0.490 e. The number of nitrogens with one attached hydrogen (secondary N) is 1. The normalized spacial score (nSPS) is 10.7. The lowest BCUT2D eigenvalue weighted by Crippen LogP contribution is -2.09. The maximum atomic E-state index is 12.5. The molecule has 0 unspecified atom stereocenters. The van der Waals surface area contributed by atoms with E-state index in [4.69, 9.17) is 13.9 Å². The van der Waals surface area contributed by atoms with Crippen molar-refractivity contribution in [3.8, 4) is 5.75 Å². The lowest BCUT2D eigenvalue weighted by atomic mass is 10.2. The molecule has 1 amide bonds. The summed E-state index contributed by atoms with van der Waals surface area (Å²) in [6, 6.07) is 8.90. The Morgan fingerprint density at radius 1 is 1.19 bits per heavy atom. The summed E-state index contributed by atoms with van der Waals surface area (Å²) in [4.78, 5) is 24.9. The summed E-state index contributed by atoms with van der Waals surface area (Å²) in [5, 5.41) is 4.11. The summed E-state index contributed by atoms with van der Waals surface area (Å²) in [7, 11) is 0. The van der Waals surface area contributed by atoms with Gasteiger partial charge in [-0.05, 0) is 44.5 Å². The van der Waals surface area contributed by atoms with Crippen LogP contribution in [0.3, 0.4) is 0 Å². The Balaban J connectivity index is 1.82. The van der Waals surface area contributed by atoms with E-state index in [1.807, 2.05) is 19.1 Å². The first-order valence-electron chi connectivity index (χ1n) is 8.27. The molecule has 1 aromatic carbocycles. The molecule has 1 N–H and O–H groups in total. The van der Waals surface area contributed by atoms with E-state index in [1.165, 1.54) is 11.3 Å². The molecule has 0 saturated heterocycles. The number of hydrogen-bond donors (Lipinski definition) is 1. The second kappa shape index (κ2) is 7.61. The zero-order chi connectivity index (χ0) is 18.7. The number of aryl methyl sites for hydroxylation is 1. The number of esters is 1. The third-order valence-corrected chi connectivity index (χ3v) is 4.78. The molecule has 0 aliphatic heterocycles. The van der Waals surface area contributed by atoms with Gasteiger partial charge in [0.1, 0.15) is 4.88 Å². The van der Waals surface area contributed by atoms with Crippen LogP contribution < -0.4 is 10.1 Å². The van der Waals surface area contributed by atoms with Crippen molar-refractivity contribution in [2.45, 2.75) is 20.8 Å². The molecule has 0 aliphatic carbocycles. The first kappa shape index (κ1) is 18.0. The van der Waals surface area contributed by atoms with E-state index in [0.29, 0.717) is 34.4 Å². The van der Waals surface area contributed by atoms with Crippen molar-refractivity contribution in [2.24, 2.45) is 0 Å². The average molecular weight is 373 g/mol. The number of ether oxygens (including phenoxy) is 2. The van der Waals surface area contributed by atoms with Crippen molar-refractivity contribution in [3.05, 3.63) is 46.5 Å². The molecule has 26 heavy (non-hydrogen) atoms. The van der Waals surface area contributed by atoms with Gasteiger partial charge in [-0.3, -0.25) is 4.79 Å². The number of carbonyl (C=O) groups is 2. The number of benzene rings is 1. The van der Waals surface area contributed by atoms with Crippen LogP contribution in [0.1, 0.15) is 39.6 Å². The van der Waals surface area contributed by atoms with Gasteiger partial charge in [-0.1, -0.05) is 12.1 Å². The van der Waals surface area contributed by atoms with Crippen LogP contribution in [-0.2, 0) is 4.74 Å². The largest absolute Gasteiger partial charge is 0.490 e. The number of furan rings is 1. The quantitative estimate of drug-likeness (QED) is 0.637. The van der Waals surface area contributed by atoms with E-state index >= 15 is 0 Å². The first-order valence-corrected chi connectivity index (χ1v) is 9.09. The topological polar surface area (TPSA) is 77.8 Å². The van der Waals surface area contributed by atoms with Crippen LogP contribution in [0.25, 0.3) is 11.0 Å². The van der Waals surface area contributed by atoms with Gasteiger partial charge in [-0.2, -0.15) is 0 Å². The van der Waals surface area contributed by atoms with Gasteiger partial charge in [0, 0.05) is 5.39 Å². The Labute approximate surface area is 154 Å². The minimum atomic E-state index is -0.389. The van der Waals surface area contributed by atoms with Crippen molar-refractivity contribution >= 4 is 39.2 Å². The third kappa shape index (κ3) is 3.57. The van der Waals surface area contributed by atoms with E-state index in [-0.39, 0.29) is 17.6 Å². The molecule has 0 fully saturated rings. The van der Waals surface area contributed by atoms with Crippen molar-refractivity contribution in [3.63, 3.8) is 0 Å². The Kier molecular flexibility index (Phi) is 5.27. The number of rotatable bonds is 6. The van der Waals surface area contributed by atoms with Gasteiger partial charge < -0.3 is 19.2 Å². The van der Waals surface area contributed by atoms with Gasteiger partial charge >= 0.3 is 5.97 Å². The smallest absolute Gasteiger partial charge is 0.348 e. The molecule has 0 bridgehead atoms. The van der Waals surface area contributed by atoms with Crippen molar-refractivity contribution < 1.29 is 23.5 Å². The molecule has 2 heterocycles. The minimum absolute atomic E-state index is 0.177. The number of fused-ring (bicyclic) bond motifs is 1. The second-order valence-corrected chi connectivity index (χ2v) is 6.57. The number of para-hydroxylation sites is 1. The van der Waals surface area contributed by atoms with E-state index in [0.717, 1.165) is 10.9 Å². The van der Waals surface area contributed by atoms with Gasteiger partial charge in [0.15, 0.2) is 17.1 Å². The highest BCUT2D eigenvalue weighted by molar-refractivity contribution is 7.18. The SMILES string of the molecule is CCOC(=O)c1sc(NC(=O)c2cc3cccc(OCC)c3o2)cc1C. The molecule has 6 nitrogen and oxygen atoms in total. The van der Waals surface area contributed by atoms with Gasteiger partial charge in [0.25, 0.3) is 5.91 Å². The van der Waals surface area contributed by atoms with Gasteiger partial charge in [-0.15, -0.1) is 11.3 Å². The molecule has 3 aromatic rings. The molecule has 7 heteroatoms. The van der Waals surface area contributed by atoms with Crippen molar-refractivity contribution in [1.82, 2.24) is 0 Å². The fraction of sp³-hybridized carbons (Fsp3) is 0.263. The Morgan fingerprint density at radius 2 is 2.00 bits per heavy atom. The van der Waals surface area contributed by atoms with E-state index in [2.05, 4.69) is 5.32 Å². The van der Waals surface area contributed by atoms with Crippen LogP contribution in [-0.4, -0.2) is 25.1 Å². The monoisotopic (exact) mass is 373 g/mol. The fourth-order valence-corrected chi connectivity index (χ4v) is 3.50. The molecular formula is C19H19NO5S. The van der Waals surface area contributed by atoms with Crippen molar-refractivity contribution in [2.75, 3.05) is 18.5 Å². The summed E-state index contributed by atoms with van der Waals surface area (Å²) in [5.74, 6) is -0.00240. The highest BCUT2D eigenvalue weighted by Gasteiger charge is 2.19. The summed E-state index contributed by atoms with van der Waals surface area (Å²) in [6.45, 7) is 6.25. The fourth-order valence-electron chi connectivity index (χ4n) is 2.53. The maximum absolute atomic E-state index is 12.5. The molecule has 0 saturated carbocycles. The summed E-state index contributed by atoms with van der Waals surface area (Å²) >= 11 is 1.18. The number of anilines is 1. The van der Waals surface area contributed by atoms with Crippen LogP contribution in [0.5, 0.6) is 5.75 Å². The van der Waals surface area contributed by atoms with E-state index in [1.54, 1.807) is 32.0 Å². The highest BCUT2D eigenvalue weighted by Crippen LogP contribution is 2.31. The molecular weight excluding hydrogens is 354 g/mol. The molecule has 0 aliphatic rings. The summed E-state index contributed by atoms with van der Waals surface area (Å²) < 4.78 is 16.2. The summed E-state index contributed by atoms with van der Waals surface area (Å²) in [6.07, 6.45) is 0. The molecule has 136 valence electrons. The molecule has 0 spiro atoms. The average Bonchev–Trinajstić information content (AvgIpc) is 3.19. The van der Waals surface area contributed by atoms with E-state index < -0.39 is 0 Å². The van der Waals surface area contributed by atoms with Gasteiger partial charge in [0.2, 0.25) is 0 Å². The predicted octanol–water partition coefficient (Wildman–Crippen LogP) is 4.63. The standard InChI is InChI=1S/C19H19NO5S/c1-4-23-13-8-6-7-12-10-14(25-16(12)13)18(21)20-15-9-11(3)17(26-15)19(22)24-5-2/h6-10H,4-5H2,1-3H3,(H,20,21). The zero-order valence-corrected chi connectivity index (χ0v) is 15.6. The van der Waals surface area contributed by atoms with E-state index in [9.17, 15) is 9.59 Å². The third-order valence-electron chi connectivity index (χ3n) is 3.65. The van der Waals surface area contributed by atoms with Gasteiger partial charge in [0.05, 0.1) is 18.2 Å². The predicted molar refractivity (Wildman–Crippen MR) is 100 cm³/mol. The second-order valence-electron chi connectivity index (χ2n) is 5.52. The lowest BCUT2D eigenvalue weighted by Gasteiger charge is -2.02. The van der Waals surface area contributed by atoms with Crippen LogP contribution in [0.4, 0.5) is 5.00 Å². The lowest BCUT2D eigenvalue weighted by molar-refractivity contribution is 0.0531. The van der Waals surface area contributed by atoms with Crippen LogP contribution >= 0.6 is 11.3 Å². The summed E-state index contributed by atoms with van der Waals surface area (Å²) in [5.41, 5.74) is 1.29. The zero-order valence-electron chi connectivity index (χ0n) is 14.8. The molecule has 0 atom stereocenters. The number of amides is 1. The molecule has 0 radical (unpaired) electrons. The van der Waals surface area contributed by atoms with Crippen molar-refractivity contribution in [1.29, 1.82) is 0 Å². The van der Waals surface area contributed by atoms with Crippen LogP contribution in [0.2, 0.25) is 0 Å². The number of carbonyl (C=O) groups excluding carboxylic acids is 2. The molecule has 3 rings (SSSR count). The Hall–Kier alpha value is -2.80. The Morgan fingerprint density at radius 3 is 2.73 bits per heavy atom. The van der Waals surface area contributed by atoms with Crippen LogP contribution in [0, 0.1) is 6.92 Å². The maximum Gasteiger partial charge on any atom is 0.348 e. The van der Waals surface area contributed by atoms with Crippen LogP contribution in [0.15, 0.2) is 34.7 Å².